The number of esters is 2. The maximum Gasteiger partial charge on any atom is 0.428 e. The molecule has 1 aliphatic heterocycles. The van der Waals surface area contributed by atoms with E-state index in [1.165, 1.54) is 14.1 Å². The highest BCUT2D eigenvalue weighted by Gasteiger charge is 2.70. The zero-order valence-electron chi connectivity index (χ0n) is 10.1. The van der Waals surface area contributed by atoms with Crippen molar-refractivity contribution >= 4 is 18.0 Å². The normalized spacial score (nSPS) is 20.1. The molecule has 1 fully saturated rings. The maximum absolute atomic E-state index is 11.5. The van der Waals surface area contributed by atoms with E-state index in [1.54, 1.807) is 0 Å². The van der Waals surface area contributed by atoms with Crippen LogP contribution in [0.5, 0.6) is 0 Å². The predicted molar refractivity (Wildman–Crippen MR) is 53.6 cm³/mol. The standard InChI is InChI=1S/C9H14N2O6/c1-10(2)8(14)17-11-5-9(11,6(12)15-3)7(13)16-4/h5H2,1-4H3. The molecule has 8 heteroatoms. The monoisotopic (exact) mass is 246 g/mol. The van der Waals surface area contributed by atoms with E-state index in [4.69, 9.17) is 4.84 Å². The van der Waals surface area contributed by atoms with Gasteiger partial charge in [-0.2, -0.15) is 0 Å². The number of amides is 1. The Labute approximate surface area is 98.0 Å². The minimum Gasteiger partial charge on any atom is -0.467 e. The lowest BCUT2D eigenvalue weighted by Crippen LogP contribution is -2.41. The Balaban J connectivity index is 2.77. The second-order valence-electron chi connectivity index (χ2n) is 3.63. The first-order chi connectivity index (χ1) is 7.90. The highest BCUT2D eigenvalue weighted by atomic mass is 16.7. The Morgan fingerprint density at radius 2 is 1.59 bits per heavy atom. The number of rotatable bonds is 3. The molecule has 1 saturated heterocycles. The number of hydrogen-bond donors (Lipinski definition) is 0. The molecule has 1 atom stereocenters. The smallest absolute Gasteiger partial charge is 0.428 e. The summed E-state index contributed by atoms with van der Waals surface area (Å²) in [5.74, 6) is -1.65. The molecule has 0 N–H and O–H groups in total. The van der Waals surface area contributed by atoms with Gasteiger partial charge in [0, 0.05) is 14.1 Å². The summed E-state index contributed by atoms with van der Waals surface area (Å²) in [5.41, 5.74) is -1.66. The van der Waals surface area contributed by atoms with Gasteiger partial charge in [-0.25, -0.2) is 14.4 Å². The van der Waals surface area contributed by atoms with Gasteiger partial charge in [0.15, 0.2) is 0 Å². The van der Waals surface area contributed by atoms with Crippen molar-refractivity contribution in [3.63, 3.8) is 0 Å². The fourth-order valence-electron chi connectivity index (χ4n) is 1.21. The van der Waals surface area contributed by atoms with Crippen molar-refractivity contribution in [1.29, 1.82) is 0 Å². The highest BCUT2D eigenvalue weighted by molar-refractivity contribution is 6.08. The van der Waals surface area contributed by atoms with Crippen molar-refractivity contribution < 1.29 is 28.7 Å². The summed E-state index contributed by atoms with van der Waals surface area (Å²) in [6, 6.07) is 0. The number of hydroxylamine groups is 2. The van der Waals surface area contributed by atoms with Crippen molar-refractivity contribution in [2.24, 2.45) is 0 Å². The number of hydrogen-bond acceptors (Lipinski definition) is 7. The van der Waals surface area contributed by atoms with E-state index >= 15 is 0 Å². The summed E-state index contributed by atoms with van der Waals surface area (Å²) in [6.45, 7) is -0.0775. The Hall–Kier alpha value is -1.83. The van der Waals surface area contributed by atoms with Gasteiger partial charge in [-0.05, 0) is 0 Å². The number of ether oxygens (including phenoxy) is 2. The molecule has 1 heterocycles. The molecule has 0 aliphatic carbocycles. The van der Waals surface area contributed by atoms with Gasteiger partial charge in [0.1, 0.15) is 0 Å². The van der Waals surface area contributed by atoms with E-state index in [0.717, 1.165) is 24.2 Å². The first-order valence-corrected chi connectivity index (χ1v) is 4.74. The summed E-state index contributed by atoms with van der Waals surface area (Å²) >= 11 is 0. The first kappa shape index (κ1) is 13.2. The van der Waals surface area contributed by atoms with Crippen LogP contribution < -0.4 is 0 Å². The molecule has 0 spiro atoms. The SMILES string of the molecule is COC(=O)C1(C(=O)OC)CN1OC(=O)N(C)C. The fourth-order valence-corrected chi connectivity index (χ4v) is 1.21. The van der Waals surface area contributed by atoms with Crippen LogP contribution in [-0.4, -0.2) is 68.4 Å². The van der Waals surface area contributed by atoms with Crippen molar-refractivity contribution in [1.82, 2.24) is 9.96 Å². The number of carbonyl (C=O) groups excluding carboxylic acids is 3. The molecule has 0 radical (unpaired) electrons. The molecular formula is C9H14N2O6. The number of methoxy groups -OCH3 is 2. The molecule has 0 aromatic rings. The lowest BCUT2D eigenvalue weighted by atomic mass is 10.1. The predicted octanol–water partition coefficient (Wildman–Crippen LogP) is -1.000. The average molecular weight is 246 g/mol. The van der Waals surface area contributed by atoms with E-state index in [9.17, 15) is 14.4 Å². The van der Waals surface area contributed by atoms with Gasteiger partial charge in [0.05, 0.1) is 20.8 Å². The molecule has 0 saturated carbocycles. The second kappa shape index (κ2) is 4.58. The van der Waals surface area contributed by atoms with Gasteiger partial charge in [-0.1, -0.05) is 0 Å². The Morgan fingerprint density at radius 3 is 1.94 bits per heavy atom. The number of carbonyl (C=O) groups is 3. The zero-order valence-corrected chi connectivity index (χ0v) is 10.1. The summed E-state index contributed by atoms with van der Waals surface area (Å²) < 4.78 is 8.97. The summed E-state index contributed by atoms with van der Waals surface area (Å²) in [7, 11) is 5.22. The maximum atomic E-state index is 11.5. The third-order valence-electron chi connectivity index (χ3n) is 2.29. The topological polar surface area (TPSA) is 85.1 Å². The highest BCUT2D eigenvalue weighted by Crippen LogP contribution is 2.35. The van der Waals surface area contributed by atoms with E-state index in [-0.39, 0.29) is 6.54 Å². The van der Waals surface area contributed by atoms with Crippen LogP contribution in [0.3, 0.4) is 0 Å². The third kappa shape index (κ3) is 2.16. The van der Waals surface area contributed by atoms with Gasteiger partial charge in [0.25, 0.3) is 5.54 Å². The van der Waals surface area contributed by atoms with Gasteiger partial charge in [-0.15, -0.1) is 5.06 Å². The summed E-state index contributed by atoms with van der Waals surface area (Å²) in [5, 5.41) is 0.924. The summed E-state index contributed by atoms with van der Waals surface area (Å²) in [4.78, 5) is 40.2. The molecule has 0 aromatic heterocycles. The van der Waals surface area contributed by atoms with E-state index in [2.05, 4.69) is 9.47 Å². The van der Waals surface area contributed by atoms with Crippen LogP contribution in [0, 0.1) is 0 Å². The van der Waals surface area contributed by atoms with Crippen LogP contribution in [0.4, 0.5) is 4.79 Å². The minimum atomic E-state index is -1.66. The first-order valence-electron chi connectivity index (χ1n) is 4.74. The van der Waals surface area contributed by atoms with E-state index in [0.29, 0.717) is 0 Å². The Morgan fingerprint density at radius 1 is 1.12 bits per heavy atom. The molecule has 1 rings (SSSR count). The third-order valence-corrected chi connectivity index (χ3v) is 2.29. The van der Waals surface area contributed by atoms with Crippen molar-refractivity contribution in [2.45, 2.75) is 5.54 Å². The van der Waals surface area contributed by atoms with Gasteiger partial charge >= 0.3 is 18.0 Å². The van der Waals surface area contributed by atoms with Crippen LogP contribution in [0.25, 0.3) is 0 Å². The van der Waals surface area contributed by atoms with Crippen molar-refractivity contribution in [3.05, 3.63) is 0 Å². The lowest BCUT2D eigenvalue weighted by Gasteiger charge is -2.14. The van der Waals surface area contributed by atoms with Crippen LogP contribution in [0.2, 0.25) is 0 Å². The average Bonchev–Trinajstić information content (AvgIpc) is 3.02. The lowest BCUT2D eigenvalue weighted by molar-refractivity contribution is -0.165. The molecule has 8 nitrogen and oxygen atoms in total. The molecular weight excluding hydrogens is 232 g/mol. The van der Waals surface area contributed by atoms with Crippen LogP contribution >= 0.6 is 0 Å². The van der Waals surface area contributed by atoms with Gasteiger partial charge in [-0.3, -0.25) is 0 Å². The quantitative estimate of drug-likeness (QED) is 0.358. The van der Waals surface area contributed by atoms with Crippen LogP contribution in [0.15, 0.2) is 0 Å². The Kier molecular flexibility index (Phi) is 3.56. The van der Waals surface area contributed by atoms with Gasteiger partial charge in [0.2, 0.25) is 0 Å². The van der Waals surface area contributed by atoms with Crippen molar-refractivity contribution in [2.75, 3.05) is 34.9 Å². The fraction of sp³-hybridized carbons (Fsp3) is 0.667. The van der Waals surface area contributed by atoms with Gasteiger partial charge < -0.3 is 19.2 Å². The molecule has 17 heavy (non-hydrogen) atoms. The molecule has 0 bridgehead atoms. The van der Waals surface area contributed by atoms with Crippen molar-refractivity contribution in [3.8, 4) is 0 Å². The van der Waals surface area contributed by atoms with E-state index < -0.39 is 23.6 Å². The molecule has 96 valence electrons. The zero-order chi connectivity index (χ0) is 13.2. The molecule has 0 aromatic carbocycles. The molecule has 1 unspecified atom stereocenters. The van der Waals surface area contributed by atoms with Crippen LogP contribution in [0.1, 0.15) is 0 Å². The van der Waals surface area contributed by atoms with E-state index in [1.807, 2.05) is 0 Å². The van der Waals surface area contributed by atoms with Crippen LogP contribution in [-0.2, 0) is 23.9 Å². The molecule has 1 amide bonds. The Bertz CT molecular complexity index is 337. The number of nitrogens with zero attached hydrogens (tertiary/aromatic N) is 2. The molecule has 1 aliphatic rings. The second-order valence-corrected chi connectivity index (χ2v) is 3.63. The largest absolute Gasteiger partial charge is 0.467 e. The minimum absolute atomic E-state index is 0.0775. The summed E-state index contributed by atoms with van der Waals surface area (Å²) in [6.07, 6.45) is -0.695.